The van der Waals surface area contributed by atoms with Crippen LogP contribution in [0.15, 0.2) is 12.2 Å². The van der Waals surface area contributed by atoms with Crippen LogP contribution >= 0.6 is 0 Å². The average molecular weight is 124 g/mol. The van der Waals surface area contributed by atoms with Crippen molar-refractivity contribution in [3.63, 3.8) is 0 Å². The Kier molecular flexibility index (Phi) is 1.12. The van der Waals surface area contributed by atoms with Crippen LogP contribution < -0.4 is 0 Å². The highest BCUT2D eigenvalue weighted by atomic mass is 16.3. The maximum atomic E-state index is 9.21. The van der Waals surface area contributed by atoms with Crippen LogP contribution in [0.2, 0.25) is 0 Å². The van der Waals surface area contributed by atoms with E-state index in [0.717, 1.165) is 12.3 Å². The van der Waals surface area contributed by atoms with E-state index in [-0.39, 0.29) is 6.10 Å². The van der Waals surface area contributed by atoms with Crippen molar-refractivity contribution in [1.29, 1.82) is 0 Å². The summed E-state index contributed by atoms with van der Waals surface area (Å²) in [6.07, 6.45) is 7.94. The van der Waals surface area contributed by atoms with Gasteiger partial charge in [0, 0.05) is 0 Å². The minimum atomic E-state index is 0.0277. The highest BCUT2D eigenvalue weighted by Crippen LogP contribution is 2.41. The molecule has 0 spiro atoms. The Morgan fingerprint density at radius 2 is 2.33 bits per heavy atom. The SMILES string of the molecule is O[C@@H]1C[C@@H]2C=CCC[C@H]12. The molecule has 1 saturated carbocycles. The molecule has 50 valence electrons. The summed E-state index contributed by atoms with van der Waals surface area (Å²) in [6, 6.07) is 0. The molecule has 3 atom stereocenters. The lowest BCUT2D eigenvalue weighted by Crippen LogP contribution is -2.41. The molecule has 0 radical (unpaired) electrons. The van der Waals surface area contributed by atoms with Crippen molar-refractivity contribution in [3.05, 3.63) is 12.2 Å². The zero-order chi connectivity index (χ0) is 6.27. The molecule has 1 N–H and O–H groups in total. The lowest BCUT2D eigenvalue weighted by Gasteiger charge is -2.42. The minimum Gasteiger partial charge on any atom is -0.393 e. The standard InChI is InChI=1S/C8H12O/c9-8-5-6-3-1-2-4-7(6)8/h1,3,6-9H,2,4-5H2/t6-,7-,8+/m0/s1. The zero-order valence-corrected chi connectivity index (χ0v) is 5.46. The molecule has 2 aliphatic rings. The monoisotopic (exact) mass is 124 g/mol. The van der Waals surface area contributed by atoms with Crippen molar-refractivity contribution in [3.8, 4) is 0 Å². The van der Waals surface area contributed by atoms with Gasteiger partial charge in [0.1, 0.15) is 0 Å². The first-order valence-electron chi connectivity index (χ1n) is 3.72. The average Bonchev–Trinajstić information content (AvgIpc) is 1.86. The largest absolute Gasteiger partial charge is 0.393 e. The lowest BCUT2D eigenvalue weighted by atomic mass is 9.66. The predicted molar refractivity (Wildman–Crippen MR) is 36.0 cm³/mol. The summed E-state index contributed by atoms with van der Waals surface area (Å²) in [5.41, 5.74) is 0. The van der Waals surface area contributed by atoms with E-state index in [0.29, 0.717) is 5.92 Å². The summed E-state index contributed by atoms with van der Waals surface area (Å²) in [6.45, 7) is 0. The molecule has 0 heterocycles. The van der Waals surface area contributed by atoms with Crippen molar-refractivity contribution in [2.45, 2.75) is 25.4 Å². The van der Waals surface area contributed by atoms with Crippen molar-refractivity contribution in [2.24, 2.45) is 11.8 Å². The molecule has 0 aromatic carbocycles. The quantitative estimate of drug-likeness (QED) is 0.483. The molecule has 1 fully saturated rings. The maximum absolute atomic E-state index is 9.21. The number of allylic oxidation sites excluding steroid dienone is 2. The van der Waals surface area contributed by atoms with E-state index in [1.54, 1.807) is 0 Å². The highest BCUT2D eigenvalue weighted by Gasteiger charge is 2.38. The maximum Gasteiger partial charge on any atom is 0.0579 e. The summed E-state index contributed by atoms with van der Waals surface area (Å²) >= 11 is 0. The number of rotatable bonds is 0. The van der Waals surface area contributed by atoms with E-state index in [9.17, 15) is 5.11 Å². The van der Waals surface area contributed by atoms with Gasteiger partial charge in [0.25, 0.3) is 0 Å². The van der Waals surface area contributed by atoms with Gasteiger partial charge >= 0.3 is 0 Å². The summed E-state index contributed by atoms with van der Waals surface area (Å²) in [7, 11) is 0. The molecular weight excluding hydrogens is 112 g/mol. The molecular formula is C8H12O. The molecule has 0 aromatic heterocycles. The van der Waals surface area contributed by atoms with Gasteiger partial charge in [-0.25, -0.2) is 0 Å². The van der Waals surface area contributed by atoms with Crippen LogP contribution in [0, 0.1) is 11.8 Å². The van der Waals surface area contributed by atoms with E-state index in [4.69, 9.17) is 0 Å². The van der Waals surface area contributed by atoms with E-state index in [1.165, 1.54) is 12.8 Å². The molecule has 2 rings (SSSR count). The summed E-state index contributed by atoms with van der Waals surface area (Å²) < 4.78 is 0. The smallest absolute Gasteiger partial charge is 0.0579 e. The zero-order valence-electron chi connectivity index (χ0n) is 5.46. The van der Waals surface area contributed by atoms with Gasteiger partial charge in [-0.3, -0.25) is 0 Å². The van der Waals surface area contributed by atoms with Crippen molar-refractivity contribution < 1.29 is 5.11 Å². The molecule has 1 heteroatoms. The third kappa shape index (κ3) is 0.715. The second-order valence-electron chi connectivity index (χ2n) is 3.14. The molecule has 9 heavy (non-hydrogen) atoms. The number of hydrogen-bond donors (Lipinski definition) is 1. The van der Waals surface area contributed by atoms with Crippen molar-refractivity contribution in [2.75, 3.05) is 0 Å². The van der Waals surface area contributed by atoms with Crippen LogP contribution in [0.25, 0.3) is 0 Å². The molecule has 0 saturated heterocycles. The molecule has 0 unspecified atom stereocenters. The van der Waals surface area contributed by atoms with E-state index >= 15 is 0 Å². The highest BCUT2D eigenvalue weighted by molar-refractivity contribution is 5.05. The Balaban J connectivity index is 2.06. The van der Waals surface area contributed by atoms with Gasteiger partial charge in [0.2, 0.25) is 0 Å². The first-order chi connectivity index (χ1) is 4.38. The van der Waals surface area contributed by atoms with Gasteiger partial charge in [-0.15, -0.1) is 0 Å². The van der Waals surface area contributed by atoms with Crippen LogP contribution in [0.3, 0.4) is 0 Å². The van der Waals surface area contributed by atoms with E-state index < -0.39 is 0 Å². The fraction of sp³-hybridized carbons (Fsp3) is 0.750. The number of aliphatic hydroxyl groups excluding tert-OH is 1. The third-order valence-corrected chi connectivity index (χ3v) is 2.61. The van der Waals surface area contributed by atoms with Gasteiger partial charge in [-0.2, -0.15) is 0 Å². The van der Waals surface area contributed by atoms with E-state index in [2.05, 4.69) is 12.2 Å². The second kappa shape index (κ2) is 1.84. The Bertz CT molecular complexity index is 140. The van der Waals surface area contributed by atoms with E-state index in [1.807, 2.05) is 0 Å². The normalized spacial score (nSPS) is 47.9. The Labute approximate surface area is 55.4 Å². The summed E-state index contributed by atoms with van der Waals surface area (Å²) in [5, 5.41) is 9.21. The molecule has 0 bridgehead atoms. The van der Waals surface area contributed by atoms with Crippen molar-refractivity contribution >= 4 is 0 Å². The topological polar surface area (TPSA) is 20.2 Å². The lowest BCUT2D eigenvalue weighted by molar-refractivity contribution is -0.0202. The Hall–Kier alpha value is -0.300. The Morgan fingerprint density at radius 3 is 2.89 bits per heavy atom. The predicted octanol–water partition coefficient (Wildman–Crippen LogP) is 1.33. The minimum absolute atomic E-state index is 0.0277. The van der Waals surface area contributed by atoms with Crippen LogP contribution in [0.1, 0.15) is 19.3 Å². The summed E-state index contributed by atoms with van der Waals surface area (Å²) in [5.74, 6) is 1.35. The summed E-state index contributed by atoms with van der Waals surface area (Å²) in [4.78, 5) is 0. The van der Waals surface area contributed by atoms with Gasteiger partial charge in [0.15, 0.2) is 0 Å². The Morgan fingerprint density at radius 1 is 1.44 bits per heavy atom. The molecule has 0 amide bonds. The van der Waals surface area contributed by atoms with Gasteiger partial charge in [-0.05, 0) is 31.1 Å². The molecule has 1 nitrogen and oxygen atoms in total. The number of fused-ring (bicyclic) bond motifs is 1. The number of hydrogen-bond acceptors (Lipinski definition) is 1. The number of aliphatic hydroxyl groups is 1. The van der Waals surface area contributed by atoms with Crippen LogP contribution in [-0.4, -0.2) is 11.2 Å². The van der Waals surface area contributed by atoms with Crippen molar-refractivity contribution in [1.82, 2.24) is 0 Å². The molecule has 2 aliphatic carbocycles. The second-order valence-corrected chi connectivity index (χ2v) is 3.14. The first kappa shape index (κ1) is 5.48. The van der Waals surface area contributed by atoms with Gasteiger partial charge in [-0.1, -0.05) is 12.2 Å². The molecule has 0 aromatic rings. The fourth-order valence-corrected chi connectivity index (χ4v) is 1.91. The van der Waals surface area contributed by atoms with Crippen LogP contribution in [-0.2, 0) is 0 Å². The van der Waals surface area contributed by atoms with Crippen LogP contribution in [0.5, 0.6) is 0 Å². The first-order valence-corrected chi connectivity index (χ1v) is 3.72. The van der Waals surface area contributed by atoms with Gasteiger partial charge in [0.05, 0.1) is 6.10 Å². The fourth-order valence-electron chi connectivity index (χ4n) is 1.91. The van der Waals surface area contributed by atoms with Gasteiger partial charge < -0.3 is 5.11 Å². The van der Waals surface area contributed by atoms with Crippen LogP contribution in [0.4, 0.5) is 0 Å². The third-order valence-electron chi connectivity index (χ3n) is 2.61. The molecule has 0 aliphatic heterocycles.